The molecule has 0 unspecified atom stereocenters. The summed E-state index contributed by atoms with van der Waals surface area (Å²) in [7, 11) is 0. The highest BCUT2D eigenvalue weighted by atomic mass is 19.1. The number of aromatic nitrogens is 2. The van der Waals surface area contributed by atoms with Gasteiger partial charge in [-0.1, -0.05) is 35.9 Å². The molecule has 0 atom stereocenters. The van der Waals surface area contributed by atoms with Crippen molar-refractivity contribution >= 4 is 17.6 Å². The summed E-state index contributed by atoms with van der Waals surface area (Å²) in [6.45, 7) is 1.97. The summed E-state index contributed by atoms with van der Waals surface area (Å²) >= 11 is 0. The number of nitrogens with zero attached hydrogens (tertiary/aromatic N) is 2. The van der Waals surface area contributed by atoms with Crippen molar-refractivity contribution in [3.63, 3.8) is 0 Å². The van der Waals surface area contributed by atoms with Crippen molar-refractivity contribution in [2.24, 2.45) is 0 Å². The number of aromatic hydroxyl groups is 1. The second kappa shape index (κ2) is 9.65. The van der Waals surface area contributed by atoms with Crippen LogP contribution in [0.2, 0.25) is 0 Å². The van der Waals surface area contributed by atoms with Crippen molar-refractivity contribution < 1.29 is 19.1 Å². The summed E-state index contributed by atoms with van der Waals surface area (Å²) in [5.74, 6) is -0.502. The minimum absolute atomic E-state index is 0.0244. The fraction of sp³-hybridized carbons (Fsp3) is 0.179. The van der Waals surface area contributed by atoms with Crippen LogP contribution in [0.25, 0.3) is 11.3 Å². The van der Waals surface area contributed by atoms with Gasteiger partial charge in [0, 0.05) is 34.8 Å². The number of benzene rings is 3. The molecule has 0 aliphatic heterocycles. The molecule has 1 heterocycles. The van der Waals surface area contributed by atoms with Crippen molar-refractivity contribution in [2.75, 3.05) is 5.32 Å². The molecule has 0 radical (unpaired) electrons. The highest BCUT2D eigenvalue weighted by Gasteiger charge is 2.31. The first-order valence-electron chi connectivity index (χ1n) is 11.7. The van der Waals surface area contributed by atoms with Gasteiger partial charge in [-0.3, -0.25) is 4.79 Å². The number of hydrogen-bond donors (Lipinski definition) is 3. The topological polar surface area (TPSA) is 96.2 Å². The molecule has 3 aromatic carbocycles. The number of halogens is 1. The van der Waals surface area contributed by atoms with Gasteiger partial charge >= 0.3 is 6.03 Å². The lowest BCUT2D eigenvalue weighted by atomic mass is 10.1. The second-order valence-electron chi connectivity index (χ2n) is 8.94. The lowest BCUT2D eigenvalue weighted by Gasteiger charge is -2.09. The molecule has 1 aromatic heterocycles. The molecule has 0 saturated heterocycles. The molecule has 3 N–H and O–H groups in total. The van der Waals surface area contributed by atoms with E-state index in [9.17, 15) is 19.1 Å². The molecule has 182 valence electrons. The van der Waals surface area contributed by atoms with E-state index in [1.54, 1.807) is 48.5 Å². The maximum atomic E-state index is 14.0. The van der Waals surface area contributed by atoms with Gasteiger partial charge in [0.25, 0.3) is 5.91 Å². The lowest BCUT2D eigenvalue weighted by molar-refractivity contribution is 0.102. The van der Waals surface area contributed by atoms with Gasteiger partial charge in [-0.15, -0.1) is 0 Å². The van der Waals surface area contributed by atoms with Gasteiger partial charge < -0.3 is 15.7 Å². The molecule has 5 rings (SSSR count). The zero-order valence-corrected chi connectivity index (χ0v) is 19.7. The monoisotopic (exact) mass is 484 g/mol. The van der Waals surface area contributed by atoms with Gasteiger partial charge in [-0.2, -0.15) is 9.78 Å². The minimum atomic E-state index is -0.477. The smallest absolute Gasteiger partial charge is 0.342 e. The predicted octanol–water partition coefficient (Wildman–Crippen LogP) is 5.59. The first kappa shape index (κ1) is 23.3. The average molecular weight is 485 g/mol. The molecule has 0 spiro atoms. The molecule has 7 nitrogen and oxygen atoms in total. The van der Waals surface area contributed by atoms with Crippen molar-refractivity contribution in [2.45, 2.75) is 32.2 Å². The number of aryl methyl sites for hydroxylation is 1. The van der Waals surface area contributed by atoms with Crippen LogP contribution in [0.5, 0.6) is 5.75 Å². The van der Waals surface area contributed by atoms with Crippen LogP contribution in [0.4, 0.5) is 14.9 Å². The van der Waals surface area contributed by atoms with E-state index in [0.717, 1.165) is 24.1 Å². The van der Waals surface area contributed by atoms with Crippen LogP contribution in [0.1, 0.15) is 45.9 Å². The van der Waals surface area contributed by atoms with E-state index in [1.165, 1.54) is 16.8 Å². The van der Waals surface area contributed by atoms with Gasteiger partial charge in [0.05, 0.1) is 11.4 Å². The second-order valence-corrected chi connectivity index (χ2v) is 8.94. The van der Waals surface area contributed by atoms with Crippen molar-refractivity contribution in [3.05, 3.63) is 101 Å². The molecule has 1 aliphatic carbocycles. The molecule has 1 fully saturated rings. The minimum Gasteiger partial charge on any atom is -0.507 e. The highest BCUT2D eigenvalue weighted by molar-refractivity contribution is 6.04. The fourth-order valence-corrected chi connectivity index (χ4v) is 3.97. The Morgan fingerprint density at radius 1 is 1.06 bits per heavy atom. The standard InChI is InChI=1S/C28H25FN4O3/c1-17-6-8-19(9-7-17)27(35)31-21-12-13-26(34)22(14-21)24-15-25(18-10-11-18)33(32-24)28(36)30-16-20-4-2-3-5-23(20)29/h2-9,12-15,18,34H,10-11,16H2,1H3,(H,30,36)(H,31,35). The number of rotatable bonds is 6. The average Bonchev–Trinajstić information content (AvgIpc) is 3.63. The largest absolute Gasteiger partial charge is 0.507 e. The maximum Gasteiger partial charge on any atom is 0.342 e. The molecule has 4 aromatic rings. The molecule has 1 saturated carbocycles. The van der Waals surface area contributed by atoms with Crippen LogP contribution in [0.15, 0.2) is 72.8 Å². The Labute approximate surface area is 207 Å². The van der Waals surface area contributed by atoms with E-state index < -0.39 is 11.8 Å². The van der Waals surface area contributed by atoms with E-state index in [0.29, 0.717) is 28.1 Å². The number of hydrogen-bond acceptors (Lipinski definition) is 4. The number of phenolic OH excluding ortho intramolecular Hbond substituents is 1. The summed E-state index contributed by atoms with van der Waals surface area (Å²) < 4.78 is 15.2. The van der Waals surface area contributed by atoms with Gasteiger partial charge in [-0.05, 0) is 62.2 Å². The summed E-state index contributed by atoms with van der Waals surface area (Å²) in [5.41, 5.74) is 3.95. The van der Waals surface area contributed by atoms with Gasteiger partial charge in [0.15, 0.2) is 0 Å². The third-order valence-corrected chi connectivity index (χ3v) is 6.16. The van der Waals surface area contributed by atoms with E-state index >= 15 is 0 Å². The molecule has 1 aliphatic rings. The van der Waals surface area contributed by atoms with Gasteiger partial charge in [-0.25, -0.2) is 9.18 Å². The van der Waals surface area contributed by atoms with Crippen LogP contribution >= 0.6 is 0 Å². The molecular weight excluding hydrogens is 459 g/mol. The van der Waals surface area contributed by atoms with Crippen LogP contribution in [0, 0.1) is 12.7 Å². The lowest BCUT2D eigenvalue weighted by Crippen LogP contribution is -2.30. The predicted molar refractivity (Wildman–Crippen MR) is 134 cm³/mol. The first-order chi connectivity index (χ1) is 17.4. The van der Waals surface area contributed by atoms with E-state index in [4.69, 9.17) is 0 Å². The van der Waals surface area contributed by atoms with Crippen LogP contribution in [0.3, 0.4) is 0 Å². The number of phenols is 1. The quantitative estimate of drug-likeness (QED) is 0.311. The zero-order valence-electron chi connectivity index (χ0n) is 19.7. The number of amides is 2. The molecule has 36 heavy (non-hydrogen) atoms. The third kappa shape index (κ3) is 4.98. The van der Waals surface area contributed by atoms with E-state index in [2.05, 4.69) is 15.7 Å². The summed E-state index contributed by atoms with van der Waals surface area (Å²) in [6, 6.07) is 19.5. The molecule has 2 amide bonds. The Morgan fingerprint density at radius 3 is 2.53 bits per heavy atom. The zero-order chi connectivity index (χ0) is 25.2. The van der Waals surface area contributed by atoms with Crippen molar-refractivity contribution in [1.29, 1.82) is 0 Å². The maximum absolute atomic E-state index is 14.0. The molecular formula is C28H25FN4O3. The van der Waals surface area contributed by atoms with Crippen molar-refractivity contribution in [3.8, 4) is 17.0 Å². The molecule has 0 bridgehead atoms. The van der Waals surface area contributed by atoms with Gasteiger partial charge in [0.1, 0.15) is 11.6 Å². The summed E-state index contributed by atoms with van der Waals surface area (Å²) in [4.78, 5) is 25.6. The molecule has 8 heteroatoms. The normalized spacial score (nSPS) is 12.8. The van der Waals surface area contributed by atoms with Gasteiger partial charge in [0.2, 0.25) is 0 Å². The highest BCUT2D eigenvalue weighted by Crippen LogP contribution is 2.42. The number of anilines is 1. The fourth-order valence-electron chi connectivity index (χ4n) is 3.97. The Bertz CT molecular complexity index is 1440. The van der Waals surface area contributed by atoms with Crippen LogP contribution < -0.4 is 10.6 Å². The number of nitrogens with one attached hydrogen (secondary N) is 2. The van der Waals surface area contributed by atoms with Crippen molar-refractivity contribution in [1.82, 2.24) is 15.1 Å². The number of carbonyl (C=O) groups excluding carboxylic acids is 2. The number of carbonyl (C=O) groups is 2. The Morgan fingerprint density at radius 2 is 1.81 bits per heavy atom. The summed E-state index contributed by atoms with van der Waals surface area (Å²) in [6.07, 6.45) is 1.87. The van der Waals surface area contributed by atoms with Crippen LogP contribution in [-0.4, -0.2) is 26.8 Å². The van der Waals surface area contributed by atoms with E-state index in [1.807, 2.05) is 19.1 Å². The first-order valence-corrected chi connectivity index (χ1v) is 11.7. The van der Waals surface area contributed by atoms with Crippen LogP contribution in [-0.2, 0) is 6.54 Å². The van der Waals surface area contributed by atoms with E-state index in [-0.39, 0.29) is 24.1 Å². The Hall–Kier alpha value is -4.46. The Kier molecular flexibility index (Phi) is 6.25. The summed E-state index contributed by atoms with van der Waals surface area (Å²) in [5, 5.41) is 20.6. The third-order valence-electron chi connectivity index (χ3n) is 6.16. The SMILES string of the molecule is Cc1ccc(C(=O)Nc2ccc(O)c(-c3cc(C4CC4)n(C(=O)NCc4ccccc4F)n3)c2)cc1. The Balaban J connectivity index is 1.39.